The molecule has 0 bridgehead atoms. The van der Waals surface area contributed by atoms with Gasteiger partial charge in [-0.2, -0.15) is 0 Å². The number of hydrogen-bond donors (Lipinski definition) is 2. The molecule has 0 fully saturated rings. The van der Waals surface area contributed by atoms with Crippen LogP contribution in [0.1, 0.15) is 23.9 Å². The number of aromatic nitrogens is 1. The number of hydrogen-bond acceptors (Lipinski definition) is 5. The Morgan fingerprint density at radius 3 is 2.81 bits per heavy atom. The van der Waals surface area contributed by atoms with E-state index in [4.69, 9.17) is 0 Å². The lowest BCUT2D eigenvalue weighted by molar-refractivity contribution is 0.603. The first-order valence-corrected chi connectivity index (χ1v) is 9.06. The predicted octanol–water partition coefficient (Wildman–Crippen LogP) is 2.75. The molecule has 5 nitrogen and oxygen atoms in total. The topological polar surface area (TPSA) is 71.1 Å². The summed E-state index contributed by atoms with van der Waals surface area (Å²) in [6.07, 6.45) is 2.64. The van der Waals surface area contributed by atoms with Crippen molar-refractivity contribution in [2.75, 3.05) is 11.3 Å². The van der Waals surface area contributed by atoms with Gasteiger partial charge in [-0.05, 0) is 44.2 Å². The van der Waals surface area contributed by atoms with Gasteiger partial charge in [-0.25, -0.2) is 8.42 Å². The van der Waals surface area contributed by atoms with Crippen molar-refractivity contribution in [2.24, 2.45) is 0 Å². The zero-order chi connectivity index (χ0) is 15.3. The molecular formula is C14H19N3O2S2. The number of pyridine rings is 1. The first-order chi connectivity index (χ1) is 10.0. The van der Waals surface area contributed by atoms with Crippen LogP contribution in [0.2, 0.25) is 0 Å². The standard InChI is InChI=1S/C14H19N3O2S2/c1-3-7-15-10-13-4-5-14(20-13)21(18,19)17-12-6-8-16-11(2)9-12/h4-6,8-9,15H,3,7,10H2,1-2H3,(H,16,17). The maximum absolute atomic E-state index is 12.3. The van der Waals surface area contributed by atoms with E-state index in [9.17, 15) is 8.42 Å². The molecule has 2 N–H and O–H groups in total. The van der Waals surface area contributed by atoms with E-state index in [2.05, 4.69) is 21.9 Å². The average Bonchev–Trinajstić information content (AvgIpc) is 2.88. The molecule has 0 unspecified atom stereocenters. The van der Waals surface area contributed by atoms with Crippen LogP contribution in [0.4, 0.5) is 5.69 Å². The zero-order valence-electron chi connectivity index (χ0n) is 12.1. The third kappa shape index (κ3) is 4.52. The van der Waals surface area contributed by atoms with Crippen molar-refractivity contribution in [1.29, 1.82) is 0 Å². The largest absolute Gasteiger partial charge is 0.312 e. The van der Waals surface area contributed by atoms with Gasteiger partial charge in [-0.15, -0.1) is 11.3 Å². The second kappa shape index (κ2) is 7.02. The molecule has 0 saturated heterocycles. The van der Waals surface area contributed by atoms with Crippen molar-refractivity contribution in [3.8, 4) is 0 Å². The summed E-state index contributed by atoms with van der Waals surface area (Å²) in [7, 11) is -3.53. The van der Waals surface area contributed by atoms with Gasteiger partial charge in [0.25, 0.3) is 10.0 Å². The molecule has 0 atom stereocenters. The third-order valence-electron chi connectivity index (χ3n) is 2.78. The van der Waals surface area contributed by atoms with Gasteiger partial charge in [-0.1, -0.05) is 6.92 Å². The second-order valence-corrected chi connectivity index (χ2v) is 7.77. The van der Waals surface area contributed by atoms with Crippen LogP contribution in [0.25, 0.3) is 0 Å². The van der Waals surface area contributed by atoms with Crippen LogP contribution in [0.15, 0.2) is 34.7 Å². The molecule has 0 amide bonds. The van der Waals surface area contributed by atoms with Crippen LogP contribution >= 0.6 is 11.3 Å². The van der Waals surface area contributed by atoms with Crippen LogP contribution in [0.5, 0.6) is 0 Å². The lowest BCUT2D eigenvalue weighted by Crippen LogP contribution is -2.13. The SMILES string of the molecule is CCCNCc1ccc(S(=O)(=O)Nc2ccnc(C)c2)s1. The van der Waals surface area contributed by atoms with Gasteiger partial charge in [0.15, 0.2) is 0 Å². The van der Waals surface area contributed by atoms with Crippen molar-refractivity contribution in [2.45, 2.75) is 31.0 Å². The summed E-state index contributed by atoms with van der Waals surface area (Å²) in [6, 6.07) is 6.83. The predicted molar refractivity (Wildman–Crippen MR) is 86.1 cm³/mol. The highest BCUT2D eigenvalue weighted by Crippen LogP contribution is 2.24. The molecule has 0 aliphatic rings. The monoisotopic (exact) mass is 325 g/mol. The fraction of sp³-hybridized carbons (Fsp3) is 0.357. The maximum atomic E-state index is 12.3. The number of sulfonamides is 1. The van der Waals surface area contributed by atoms with E-state index in [0.29, 0.717) is 16.4 Å². The van der Waals surface area contributed by atoms with Gasteiger partial charge >= 0.3 is 0 Å². The minimum atomic E-state index is -3.53. The number of rotatable bonds is 7. The summed E-state index contributed by atoms with van der Waals surface area (Å²) >= 11 is 1.29. The Bertz CT molecular complexity index is 696. The molecule has 0 radical (unpaired) electrons. The van der Waals surface area contributed by atoms with Crippen LogP contribution in [-0.2, 0) is 16.6 Å². The first-order valence-electron chi connectivity index (χ1n) is 6.76. The fourth-order valence-corrected chi connectivity index (χ4v) is 4.18. The lowest BCUT2D eigenvalue weighted by Gasteiger charge is -2.06. The second-order valence-electron chi connectivity index (χ2n) is 4.69. The molecule has 0 aliphatic heterocycles. The maximum Gasteiger partial charge on any atom is 0.271 e. The van der Waals surface area contributed by atoms with E-state index in [1.165, 1.54) is 11.3 Å². The summed E-state index contributed by atoms with van der Waals surface area (Å²) < 4.78 is 27.5. The summed E-state index contributed by atoms with van der Waals surface area (Å²) in [4.78, 5) is 5.06. The van der Waals surface area contributed by atoms with E-state index in [0.717, 1.165) is 23.5 Å². The molecule has 0 saturated carbocycles. The Hall–Kier alpha value is -1.44. The Morgan fingerprint density at radius 1 is 1.29 bits per heavy atom. The van der Waals surface area contributed by atoms with Gasteiger partial charge in [0.2, 0.25) is 0 Å². The summed E-state index contributed by atoms with van der Waals surface area (Å²) in [6.45, 7) is 5.54. The van der Waals surface area contributed by atoms with E-state index in [1.807, 2.05) is 13.0 Å². The van der Waals surface area contributed by atoms with Gasteiger partial charge in [-0.3, -0.25) is 9.71 Å². The molecule has 2 heterocycles. The quantitative estimate of drug-likeness (QED) is 0.768. The van der Waals surface area contributed by atoms with Gasteiger partial charge < -0.3 is 5.32 Å². The summed E-state index contributed by atoms with van der Waals surface area (Å²) in [5, 5.41) is 3.26. The van der Waals surface area contributed by atoms with Crippen LogP contribution in [0.3, 0.4) is 0 Å². The Morgan fingerprint density at radius 2 is 2.10 bits per heavy atom. The van der Waals surface area contributed by atoms with Crippen LogP contribution < -0.4 is 10.0 Å². The minimum absolute atomic E-state index is 0.324. The van der Waals surface area contributed by atoms with Crippen molar-refractivity contribution in [3.05, 3.63) is 41.0 Å². The van der Waals surface area contributed by atoms with Gasteiger partial charge in [0, 0.05) is 23.3 Å². The van der Waals surface area contributed by atoms with E-state index in [1.54, 1.807) is 24.4 Å². The fourth-order valence-electron chi connectivity index (χ4n) is 1.80. The number of thiophene rings is 1. The molecule has 114 valence electrons. The van der Waals surface area contributed by atoms with Crippen LogP contribution in [-0.4, -0.2) is 19.9 Å². The highest BCUT2D eigenvalue weighted by molar-refractivity contribution is 7.94. The van der Waals surface area contributed by atoms with E-state index in [-0.39, 0.29) is 0 Å². The van der Waals surface area contributed by atoms with Crippen molar-refractivity contribution in [1.82, 2.24) is 10.3 Å². The summed E-state index contributed by atoms with van der Waals surface area (Å²) in [5.74, 6) is 0. The van der Waals surface area contributed by atoms with Crippen molar-refractivity contribution < 1.29 is 8.42 Å². The molecule has 0 aromatic carbocycles. The number of nitrogens with zero attached hydrogens (tertiary/aromatic N) is 1. The molecule has 21 heavy (non-hydrogen) atoms. The Kier molecular flexibility index (Phi) is 5.33. The van der Waals surface area contributed by atoms with Crippen molar-refractivity contribution in [3.63, 3.8) is 0 Å². The van der Waals surface area contributed by atoms with Gasteiger partial charge in [0.1, 0.15) is 4.21 Å². The Labute approximate surface area is 129 Å². The van der Waals surface area contributed by atoms with E-state index < -0.39 is 10.0 Å². The van der Waals surface area contributed by atoms with Crippen molar-refractivity contribution >= 4 is 27.0 Å². The number of aryl methyl sites for hydroxylation is 1. The number of nitrogens with one attached hydrogen (secondary N) is 2. The highest BCUT2D eigenvalue weighted by Gasteiger charge is 2.17. The normalized spacial score (nSPS) is 11.5. The summed E-state index contributed by atoms with van der Waals surface area (Å²) in [5.41, 5.74) is 1.30. The first kappa shape index (κ1) is 15.9. The lowest BCUT2D eigenvalue weighted by atomic mass is 10.3. The molecule has 0 spiro atoms. The molecular weight excluding hydrogens is 306 g/mol. The smallest absolute Gasteiger partial charge is 0.271 e. The molecule has 2 aromatic heterocycles. The molecule has 0 aliphatic carbocycles. The third-order valence-corrected chi connectivity index (χ3v) is 5.74. The number of anilines is 1. The Balaban J connectivity index is 2.09. The molecule has 2 rings (SSSR count). The van der Waals surface area contributed by atoms with Crippen LogP contribution in [0, 0.1) is 6.92 Å². The minimum Gasteiger partial charge on any atom is -0.312 e. The van der Waals surface area contributed by atoms with Gasteiger partial charge in [0.05, 0.1) is 5.69 Å². The zero-order valence-corrected chi connectivity index (χ0v) is 13.7. The highest BCUT2D eigenvalue weighted by atomic mass is 32.2. The molecule has 2 aromatic rings. The van der Waals surface area contributed by atoms with E-state index >= 15 is 0 Å². The average molecular weight is 325 g/mol. The molecule has 7 heteroatoms.